The molecule has 1 aliphatic heterocycles. The summed E-state index contributed by atoms with van der Waals surface area (Å²) in [5.74, 6) is 1.10. The molecule has 2 atom stereocenters. The van der Waals surface area contributed by atoms with Gasteiger partial charge in [0.15, 0.2) is 9.84 Å². The van der Waals surface area contributed by atoms with E-state index in [1.165, 1.54) is 0 Å². The van der Waals surface area contributed by atoms with E-state index in [0.717, 1.165) is 19.3 Å². The summed E-state index contributed by atoms with van der Waals surface area (Å²) in [5, 5.41) is 3.19. The summed E-state index contributed by atoms with van der Waals surface area (Å²) in [6.07, 6.45) is 2.90. The van der Waals surface area contributed by atoms with Gasteiger partial charge >= 0.3 is 0 Å². The van der Waals surface area contributed by atoms with Crippen LogP contribution in [0.2, 0.25) is 0 Å². The summed E-state index contributed by atoms with van der Waals surface area (Å²) in [7, 11) is -0.825. The van der Waals surface area contributed by atoms with Crippen LogP contribution in [0.15, 0.2) is 0 Å². The highest BCUT2D eigenvalue weighted by Crippen LogP contribution is 2.22. The molecule has 1 N–H and O–H groups in total. The summed E-state index contributed by atoms with van der Waals surface area (Å²) in [6.45, 7) is 2.10. The lowest BCUT2D eigenvalue weighted by atomic mass is 9.94. The second-order valence-corrected chi connectivity index (χ2v) is 6.05. The normalized spacial score (nSPS) is 29.8. The van der Waals surface area contributed by atoms with Gasteiger partial charge in [-0.2, -0.15) is 0 Å². The van der Waals surface area contributed by atoms with Gasteiger partial charge in [0.25, 0.3) is 0 Å². The first-order valence-electron chi connectivity index (χ1n) is 4.96. The summed E-state index contributed by atoms with van der Waals surface area (Å²) in [5.41, 5.74) is 0. The lowest BCUT2D eigenvalue weighted by molar-refractivity contribution is 0.356. The van der Waals surface area contributed by atoms with Crippen LogP contribution >= 0.6 is 0 Å². The molecule has 4 heteroatoms. The lowest BCUT2D eigenvalue weighted by Gasteiger charge is -2.28. The van der Waals surface area contributed by atoms with E-state index in [-0.39, 0.29) is 0 Å². The molecule has 0 aromatic carbocycles. The van der Waals surface area contributed by atoms with E-state index in [1.807, 2.05) is 7.05 Å². The van der Waals surface area contributed by atoms with Crippen molar-refractivity contribution in [3.63, 3.8) is 0 Å². The van der Waals surface area contributed by atoms with Crippen molar-refractivity contribution in [2.24, 2.45) is 5.92 Å². The average Bonchev–Trinajstić information content (AvgIpc) is 2.05. The highest BCUT2D eigenvalue weighted by atomic mass is 32.2. The molecule has 0 spiro atoms. The topological polar surface area (TPSA) is 46.2 Å². The second-order valence-electron chi connectivity index (χ2n) is 3.82. The highest BCUT2D eigenvalue weighted by Gasteiger charge is 2.28. The van der Waals surface area contributed by atoms with E-state index in [0.29, 0.717) is 23.5 Å². The number of nitrogens with one attached hydrogen (secondary N) is 1. The molecule has 1 aliphatic rings. The van der Waals surface area contributed by atoms with Gasteiger partial charge in [-0.1, -0.05) is 6.92 Å². The maximum absolute atomic E-state index is 11.4. The molecule has 2 unspecified atom stereocenters. The Morgan fingerprint density at radius 1 is 1.54 bits per heavy atom. The lowest BCUT2D eigenvalue weighted by Crippen LogP contribution is -2.40. The van der Waals surface area contributed by atoms with Crippen LogP contribution < -0.4 is 5.32 Å². The summed E-state index contributed by atoms with van der Waals surface area (Å²) >= 11 is 0. The SMILES string of the molecule is CCC(NC)C1CCCS(=O)(=O)C1. The molecular formula is C9H19NO2S. The quantitative estimate of drug-likeness (QED) is 0.741. The van der Waals surface area contributed by atoms with Crippen LogP contribution in [-0.4, -0.2) is 33.0 Å². The molecule has 3 nitrogen and oxygen atoms in total. The van der Waals surface area contributed by atoms with Crippen LogP contribution in [0, 0.1) is 5.92 Å². The maximum Gasteiger partial charge on any atom is 0.150 e. The number of hydrogen-bond donors (Lipinski definition) is 1. The molecule has 13 heavy (non-hydrogen) atoms. The van der Waals surface area contributed by atoms with Crippen molar-refractivity contribution in [1.82, 2.24) is 5.32 Å². The minimum absolute atomic E-state index is 0.328. The smallest absolute Gasteiger partial charge is 0.150 e. The maximum atomic E-state index is 11.4. The summed E-state index contributed by atoms with van der Waals surface area (Å²) in [6, 6.07) is 0.370. The molecule has 0 amide bonds. The van der Waals surface area contributed by atoms with Crippen LogP contribution in [-0.2, 0) is 9.84 Å². The van der Waals surface area contributed by atoms with Gasteiger partial charge in [-0.25, -0.2) is 8.42 Å². The molecule has 1 saturated heterocycles. The zero-order chi connectivity index (χ0) is 9.90. The van der Waals surface area contributed by atoms with Crippen molar-refractivity contribution in [2.75, 3.05) is 18.6 Å². The van der Waals surface area contributed by atoms with Gasteiger partial charge in [-0.3, -0.25) is 0 Å². The van der Waals surface area contributed by atoms with E-state index in [9.17, 15) is 8.42 Å². The number of hydrogen-bond acceptors (Lipinski definition) is 3. The number of rotatable bonds is 3. The zero-order valence-corrected chi connectivity index (χ0v) is 9.23. The van der Waals surface area contributed by atoms with Crippen molar-refractivity contribution in [3.8, 4) is 0 Å². The third kappa shape index (κ3) is 2.95. The van der Waals surface area contributed by atoms with E-state index in [1.54, 1.807) is 0 Å². The molecule has 0 aromatic heterocycles. The molecule has 1 heterocycles. The third-order valence-electron chi connectivity index (χ3n) is 2.88. The largest absolute Gasteiger partial charge is 0.317 e. The van der Waals surface area contributed by atoms with Gasteiger partial charge in [0.1, 0.15) is 0 Å². The fraction of sp³-hybridized carbons (Fsp3) is 1.00. The predicted molar refractivity (Wildman–Crippen MR) is 54.5 cm³/mol. The van der Waals surface area contributed by atoms with Crippen LogP contribution in [0.4, 0.5) is 0 Å². The van der Waals surface area contributed by atoms with Crippen LogP contribution in [0.3, 0.4) is 0 Å². The van der Waals surface area contributed by atoms with Gasteiger partial charge in [0.2, 0.25) is 0 Å². The third-order valence-corrected chi connectivity index (χ3v) is 4.72. The fourth-order valence-electron chi connectivity index (χ4n) is 2.15. The van der Waals surface area contributed by atoms with Gasteiger partial charge in [0, 0.05) is 6.04 Å². The Kier molecular flexibility index (Phi) is 3.74. The average molecular weight is 205 g/mol. The van der Waals surface area contributed by atoms with Gasteiger partial charge in [-0.15, -0.1) is 0 Å². The Labute approximate surface area is 80.8 Å². The van der Waals surface area contributed by atoms with E-state index in [4.69, 9.17) is 0 Å². The van der Waals surface area contributed by atoms with Gasteiger partial charge < -0.3 is 5.32 Å². The van der Waals surface area contributed by atoms with Crippen LogP contribution in [0.25, 0.3) is 0 Å². The summed E-state index contributed by atoms with van der Waals surface area (Å²) < 4.78 is 22.7. The molecule has 78 valence electrons. The standard InChI is InChI=1S/C9H19NO2S/c1-3-9(10-2)8-5-4-6-13(11,12)7-8/h8-10H,3-7H2,1-2H3. The monoisotopic (exact) mass is 205 g/mol. The first kappa shape index (κ1) is 11.0. The van der Waals surface area contributed by atoms with E-state index < -0.39 is 9.84 Å². The van der Waals surface area contributed by atoms with Gasteiger partial charge in [0.05, 0.1) is 11.5 Å². The molecule has 0 aromatic rings. The van der Waals surface area contributed by atoms with E-state index in [2.05, 4.69) is 12.2 Å². The van der Waals surface area contributed by atoms with Crippen molar-refractivity contribution in [2.45, 2.75) is 32.2 Å². The zero-order valence-electron chi connectivity index (χ0n) is 8.41. The molecule has 1 rings (SSSR count). The Morgan fingerprint density at radius 2 is 2.23 bits per heavy atom. The second kappa shape index (κ2) is 4.42. The number of sulfone groups is 1. The first-order valence-corrected chi connectivity index (χ1v) is 6.79. The Bertz CT molecular complexity index is 244. The highest BCUT2D eigenvalue weighted by molar-refractivity contribution is 7.91. The first-order chi connectivity index (χ1) is 6.09. The molecule has 1 fully saturated rings. The predicted octanol–water partition coefficient (Wildman–Crippen LogP) is 0.809. The molecule has 0 bridgehead atoms. The van der Waals surface area contributed by atoms with Gasteiger partial charge in [-0.05, 0) is 32.2 Å². The Hall–Kier alpha value is -0.0900. The fourth-order valence-corrected chi connectivity index (χ4v) is 3.97. The van der Waals surface area contributed by atoms with E-state index >= 15 is 0 Å². The Balaban J connectivity index is 2.60. The molecule has 0 aliphatic carbocycles. The van der Waals surface area contributed by atoms with Crippen molar-refractivity contribution in [3.05, 3.63) is 0 Å². The van der Waals surface area contributed by atoms with Crippen molar-refractivity contribution >= 4 is 9.84 Å². The van der Waals surface area contributed by atoms with Crippen molar-refractivity contribution < 1.29 is 8.42 Å². The molecular weight excluding hydrogens is 186 g/mol. The Morgan fingerprint density at radius 3 is 2.69 bits per heavy atom. The minimum Gasteiger partial charge on any atom is -0.317 e. The summed E-state index contributed by atoms with van der Waals surface area (Å²) in [4.78, 5) is 0. The van der Waals surface area contributed by atoms with Crippen LogP contribution in [0.5, 0.6) is 0 Å². The molecule has 0 saturated carbocycles. The van der Waals surface area contributed by atoms with Crippen molar-refractivity contribution in [1.29, 1.82) is 0 Å². The van der Waals surface area contributed by atoms with Crippen LogP contribution in [0.1, 0.15) is 26.2 Å². The minimum atomic E-state index is -2.74. The molecule has 0 radical (unpaired) electrons.